The van der Waals surface area contributed by atoms with Crippen LogP contribution < -0.4 is 10.5 Å². The molecule has 0 saturated carbocycles. The molecular weight excluding hydrogens is 348 g/mol. The molecule has 2 aromatic carbocycles. The van der Waals surface area contributed by atoms with Crippen molar-refractivity contribution < 1.29 is 24.2 Å². The summed E-state index contributed by atoms with van der Waals surface area (Å²) in [5.74, 6) is -2.19. The Labute approximate surface area is 156 Å². The van der Waals surface area contributed by atoms with Gasteiger partial charge in [0.1, 0.15) is 5.75 Å². The van der Waals surface area contributed by atoms with Crippen LogP contribution in [-0.2, 0) is 9.59 Å². The van der Waals surface area contributed by atoms with Crippen LogP contribution in [0.25, 0.3) is 0 Å². The van der Waals surface area contributed by atoms with Crippen LogP contribution in [0.15, 0.2) is 54.6 Å². The van der Waals surface area contributed by atoms with Crippen molar-refractivity contribution in [2.75, 3.05) is 19.7 Å². The maximum Gasteiger partial charge on any atom is 0.308 e. The summed E-state index contributed by atoms with van der Waals surface area (Å²) in [6.07, 6.45) is 0. The van der Waals surface area contributed by atoms with E-state index in [1.54, 1.807) is 29.2 Å². The van der Waals surface area contributed by atoms with Crippen molar-refractivity contribution in [1.29, 1.82) is 0 Å². The van der Waals surface area contributed by atoms with Crippen molar-refractivity contribution in [1.82, 2.24) is 4.90 Å². The fourth-order valence-electron chi connectivity index (χ4n) is 3.29. The largest absolute Gasteiger partial charge is 0.484 e. The molecule has 0 radical (unpaired) electrons. The number of nitrogens with zero attached hydrogens (tertiary/aromatic N) is 1. The van der Waals surface area contributed by atoms with Crippen molar-refractivity contribution in [3.63, 3.8) is 0 Å². The van der Waals surface area contributed by atoms with Gasteiger partial charge in [-0.3, -0.25) is 14.4 Å². The highest BCUT2D eigenvalue weighted by atomic mass is 16.5. The Morgan fingerprint density at radius 2 is 1.70 bits per heavy atom. The summed E-state index contributed by atoms with van der Waals surface area (Å²) >= 11 is 0. The lowest BCUT2D eigenvalue weighted by Gasteiger charge is -2.17. The molecule has 3 rings (SSSR count). The monoisotopic (exact) mass is 368 g/mol. The second-order valence-electron chi connectivity index (χ2n) is 6.45. The number of amides is 2. The van der Waals surface area contributed by atoms with Crippen LogP contribution in [0.2, 0.25) is 0 Å². The van der Waals surface area contributed by atoms with E-state index < -0.39 is 17.8 Å². The molecule has 1 aliphatic rings. The van der Waals surface area contributed by atoms with Crippen molar-refractivity contribution >= 4 is 17.8 Å². The number of primary amides is 1. The van der Waals surface area contributed by atoms with E-state index in [4.69, 9.17) is 10.5 Å². The highest BCUT2D eigenvalue weighted by molar-refractivity contribution is 5.95. The lowest BCUT2D eigenvalue weighted by atomic mass is 9.89. The number of hydrogen-bond acceptors (Lipinski definition) is 4. The minimum atomic E-state index is -0.908. The van der Waals surface area contributed by atoms with E-state index >= 15 is 0 Å². The summed E-state index contributed by atoms with van der Waals surface area (Å²) < 4.78 is 5.17. The molecule has 0 bridgehead atoms. The Kier molecular flexibility index (Phi) is 5.40. The minimum Gasteiger partial charge on any atom is -0.484 e. The van der Waals surface area contributed by atoms with Gasteiger partial charge in [0.15, 0.2) is 6.61 Å². The molecule has 0 spiro atoms. The van der Waals surface area contributed by atoms with Gasteiger partial charge in [-0.25, -0.2) is 0 Å². The zero-order chi connectivity index (χ0) is 19.4. The third kappa shape index (κ3) is 4.25. The van der Waals surface area contributed by atoms with Crippen LogP contribution in [0.5, 0.6) is 5.75 Å². The maximum absolute atomic E-state index is 12.8. The van der Waals surface area contributed by atoms with Gasteiger partial charge in [-0.2, -0.15) is 0 Å². The van der Waals surface area contributed by atoms with E-state index in [9.17, 15) is 19.5 Å². The first kappa shape index (κ1) is 18.4. The minimum absolute atomic E-state index is 0.160. The Balaban J connectivity index is 1.73. The Hall–Kier alpha value is -3.35. The molecule has 2 unspecified atom stereocenters. The molecule has 2 atom stereocenters. The van der Waals surface area contributed by atoms with Crippen LogP contribution in [0.3, 0.4) is 0 Å². The number of nitrogens with two attached hydrogens (primary N) is 1. The lowest BCUT2D eigenvalue weighted by molar-refractivity contribution is -0.141. The fourth-order valence-corrected chi connectivity index (χ4v) is 3.29. The molecule has 140 valence electrons. The number of benzene rings is 2. The van der Waals surface area contributed by atoms with Gasteiger partial charge in [-0.1, -0.05) is 30.3 Å². The van der Waals surface area contributed by atoms with E-state index in [0.717, 1.165) is 5.56 Å². The molecule has 0 aliphatic carbocycles. The van der Waals surface area contributed by atoms with Gasteiger partial charge >= 0.3 is 5.97 Å². The van der Waals surface area contributed by atoms with E-state index in [0.29, 0.717) is 17.9 Å². The predicted octanol–water partition coefficient (Wildman–Crippen LogP) is 1.49. The Bertz CT molecular complexity index is 835. The van der Waals surface area contributed by atoms with Gasteiger partial charge in [0.25, 0.3) is 11.8 Å². The van der Waals surface area contributed by atoms with Crippen molar-refractivity contribution in [3.05, 3.63) is 65.7 Å². The van der Waals surface area contributed by atoms with Crippen molar-refractivity contribution in [2.45, 2.75) is 5.92 Å². The Morgan fingerprint density at radius 1 is 1.04 bits per heavy atom. The number of aliphatic carboxylic acids is 1. The van der Waals surface area contributed by atoms with Crippen LogP contribution in [0.1, 0.15) is 21.8 Å². The van der Waals surface area contributed by atoms with E-state index in [-0.39, 0.29) is 25.0 Å². The van der Waals surface area contributed by atoms with E-state index in [1.165, 1.54) is 0 Å². The summed E-state index contributed by atoms with van der Waals surface area (Å²) in [7, 11) is 0. The number of rotatable bonds is 6. The van der Waals surface area contributed by atoms with Crippen molar-refractivity contribution in [2.24, 2.45) is 11.7 Å². The summed E-state index contributed by atoms with van der Waals surface area (Å²) in [6, 6.07) is 15.7. The average molecular weight is 368 g/mol. The summed E-state index contributed by atoms with van der Waals surface area (Å²) in [5.41, 5.74) is 6.37. The zero-order valence-corrected chi connectivity index (χ0v) is 14.6. The number of carbonyl (C=O) groups excluding carboxylic acids is 2. The first-order chi connectivity index (χ1) is 13.0. The molecule has 7 heteroatoms. The molecule has 7 nitrogen and oxygen atoms in total. The van der Waals surface area contributed by atoms with E-state index in [1.807, 2.05) is 30.3 Å². The van der Waals surface area contributed by atoms with Gasteiger partial charge in [0.05, 0.1) is 5.92 Å². The molecule has 2 amide bonds. The standard InChI is InChI=1S/C20H20N2O5/c21-18(23)12-27-15-8-6-14(7-9-15)19(24)22-10-16(17(11-22)20(25)26)13-4-2-1-3-5-13/h1-9,16-17H,10-12H2,(H2,21,23)(H,25,26). The quantitative estimate of drug-likeness (QED) is 0.803. The number of carbonyl (C=O) groups is 3. The molecule has 1 heterocycles. The predicted molar refractivity (Wildman–Crippen MR) is 97.3 cm³/mol. The highest BCUT2D eigenvalue weighted by Gasteiger charge is 2.40. The van der Waals surface area contributed by atoms with Crippen LogP contribution in [0.4, 0.5) is 0 Å². The number of hydrogen-bond donors (Lipinski definition) is 2. The maximum atomic E-state index is 12.8. The molecule has 2 aromatic rings. The second kappa shape index (κ2) is 7.90. The second-order valence-corrected chi connectivity index (χ2v) is 6.45. The summed E-state index contributed by atoms with van der Waals surface area (Å²) in [4.78, 5) is 36.8. The topological polar surface area (TPSA) is 110 Å². The molecular formula is C20H20N2O5. The smallest absolute Gasteiger partial charge is 0.308 e. The summed E-state index contributed by atoms with van der Waals surface area (Å²) in [6.45, 7) is 0.270. The van der Waals surface area contributed by atoms with Gasteiger partial charge in [-0.15, -0.1) is 0 Å². The fraction of sp³-hybridized carbons (Fsp3) is 0.250. The molecule has 3 N–H and O–H groups in total. The number of likely N-dealkylation sites (tertiary alicyclic amines) is 1. The van der Waals surface area contributed by atoms with Crippen molar-refractivity contribution in [3.8, 4) is 5.75 Å². The van der Waals surface area contributed by atoms with Gasteiger partial charge < -0.3 is 20.5 Å². The zero-order valence-electron chi connectivity index (χ0n) is 14.6. The van der Waals surface area contributed by atoms with Gasteiger partial charge in [0, 0.05) is 24.6 Å². The van der Waals surface area contributed by atoms with Gasteiger partial charge in [0.2, 0.25) is 0 Å². The molecule has 1 saturated heterocycles. The molecule has 0 aromatic heterocycles. The van der Waals surface area contributed by atoms with Crippen LogP contribution in [0, 0.1) is 5.92 Å². The third-order valence-electron chi connectivity index (χ3n) is 4.63. The van der Waals surface area contributed by atoms with Gasteiger partial charge in [-0.05, 0) is 29.8 Å². The SMILES string of the molecule is NC(=O)COc1ccc(C(=O)N2CC(C(=O)O)C(c3ccccc3)C2)cc1. The molecule has 1 aliphatic heterocycles. The first-order valence-electron chi connectivity index (χ1n) is 8.54. The Morgan fingerprint density at radius 3 is 2.30 bits per heavy atom. The first-order valence-corrected chi connectivity index (χ1v) is 8.54. The normalized spacial score (nSPS) is 18.9. The van der Waals surface area contributed by atoms with Crippen LogP contribution >= 0.6 is 0 Å². The molecule has 27 heavy (non-hydrogen) atoms. The average Bonchev–Trinajstić information content (AvgIpc) is 3.13. The number of carboxylic acid groups (broad SMARTS) is 1. The number of ether oxygens (including phenoxy) is 1. The summed E-state index contributed by atoms with van der Waals surface area (Å²) in [5, 5.41) is 9.56. The van der Waals surface area contributed by atoms with Crippen LogP contribution in [-0.4, -0.2) is 47.5 Å². The molecule has 1 fully saturated rings. The highest BCUT2D eigenvalue weighted by Crippen LogP contribution is 2.33. The lowest BCUT2D eigenvalue weighted by Crippen LogP contribution is -2.29. The number of carboxylic acids is 1. The third-order valence-corrected chi connectivity index (χ3v) is 4.63. The van der Waals surface area contributed by atoms with E-state index in [2.05, 4.69) is 0 Å².